The Morgan fingerprint density at radius 2 is 1.75 bits per heavy atom. The molecule has 0 saturated carbocycles. The largest absolute Gasteiger partial charge is 0.340 e. The first-order valence-electron chi connectivity index (χ1n) is 7.93. The maximum atomic E-state index is 12.6. The van der Waals surface area contributed by atoms with Crippen LogP contribution in [-0.4, -0.2) is 41.7 Å². The minimum atomic E-state index is -0.308. The van der Waals surface area contributed by atoms with Crippen LogP contribution in [0.25, 0.3) is 10.8 Å². The lowest BCUT2D eigenvalue weighted by molar-refractivity contribution is 0.0952. The smallest absolute Gasteiger partial charge is 0.333 e. The summed E-state index contributed by atoms with van der Waals surface area (Å²) in [5, 5.41) is 10.5. The maximum Gasteiger partial charge on any atom is 0.340 e. The van der Waals surface area contributed by atoms with Crippen LogP contribution in [0.2, 0.25) is 0 Å². The molecule has 124 valence electrons. The van der Waals surface area contributed by atoms with E-state index in [0.717, 1.165) is 22.9 Å². The predicted octanol–water partition coefficient (Wildman–Crippen LogP) is 3.19. The second-order valence-electron chi connectivity index (χ2n) is 5.53. The normalized spacial score (nSPS) is 13.8. The van der Waals surface area contributed by atoms with Gasteiger partial charge in [0.2, 0.25) is 0 Å². The molecule has 2 aromatic rings. The molecule has 6 heteroatoms. The van der Waals surface area contributed by atoms with E-state index in [1.165, 1.54) is 10.0 Å². The number of carbonyl (C=O) groups excluding carboxylic acids is 2. The summed E-state index contributed by atoms with van der Waals surface area (Å²) in [5.41, 5.74) is 0.733. The van der Waals surface area contributed by atoms with Crippen LogP contribution in [0.1, 0.15) is 6.42 Å². The summed E-state index contributed by atoms with van der Waals surface area (Å²) < 4.78 is 0. The SMILES string of the molecule is C=CCNC(=O)N1CCCN1C(=O)Nc1cccc2ccccc12. The van der Waals surface area contributed by atoms with Gasteiger partial charge >= 0.3 is 12.1 Å². The van der Waals surface area contributed by atoms with Gasteiger partial charge in [-0.05, 0) is 17.9 Å². The van der Waals surface area contributed by atoms with Gasteiger partial charge in [0.15, 0.2) is 0 Å². The van der Waals surface area contributed by atoms with Gasteiger partial charge in [0.1, 0.15) is 0 Å². The summed E-state index contributed by atoms with van der Waals surface area (Å²) in [5.74, 6) is 0. The van der Waals surface area contributed by atoms with E-state index < -0.39 is 0 Å². The molecule has 0 radical (unpaired) electrons. The number of hydrazine groups is 1. The highest BCUT2D eigenvalue weighted by Gasteiger charge is 2.30. The van der Waals surface area contributed by atoms with Gasteiger partial charge in [0.05, 0.1) is 5.69 Å². The van der Waals surface area contributed by atoms with Gasteiger partial charge in [-0.1, -0.05) is 42.5 Å². The van der Waals surface area contributed by atoms with Crippen molar-refractivity contribution < 1.29 is 9.59 Å². The summed E-state index contributed by atoms with van der Waals surface area (Å²) in [6.07, 6.45) is 2.36. The molecule has 0 atom stereocenters. The molecule has 1 aliphatic heterocycles. The van der Waals surface area contributed by atoms with Crippen molar-refractivity contribution in [2.24, 2.45) is 0 Å². The second kappa shape index (κ2) is 7.04. The third-order valence-electron chi connectivity index (χ3n) is 3.93. The fourth-order valence-electron chi connectivity index (χ4n) is 2.80. The van der Waals surface area contributed by atoms with Gasteiger partial charge in [0, 0.05) is 25.0 Å². The number of amides is 4. The van der Waals surface area contributed by atoms with Crippen LogP contribution in [0.4, 0.5) is 15.3 Å². The van der Waals surface area contributed by atoms with E-state index in [2.05, 4.69) is 17.2 Å². The number of urea groups is 2. The van der Waals surface area contributed by atoms with Crippen LogP contribution in [-0.2, 0) is 0 Å². The Morgan fingerprint density at radius 3 is 2.54 bits per heavy atom. The van der Waals surface area contributed by atoms with Crippen molar-refractivity contribution in [2.45, 2.75) is 6.42 Å². The third kappa shape index (κ3) is 3.17. The number of hydrogen-bond acceptors (Lipinski definition) is 2. The lowest BCUT2D eigenvalue weighted by Crippen LogP contribution is -2.50. The Kier molecular flexibility index (Phi) is 4.65. The van der Waals surface area contributed by atoms with E-state index >= 15 is 0 Å². The van der Waals surface area contributed by atoms with E-state index in [-0.39, 0.29) is 12.1 Å². The van der Waals surface area contributed by atoms with Gasteiger partial charge in [-0.2, -0.15) is 0 Å². The van der Waals surface area contributed by atoms with Crippen LogP contribution in [0.15, 0.2) is 55.1 Å². The third-order valence-corrected chi connectivity index (χ3v) is 3.93. The molecule has 24 heavy (non-hydrogen) atoms. The lowest BCUT2D eigenvalue weighted by Gasteiger charge is -2.28. The van der Waals surface area contributed by atoms with Crippen molar-refractivity contribution in [3.63, 3.8) is 0 Å². The molecule has 0 unspecified atom stereocenters. The maximum absolute atomic E-state index is 12.6. The monoisotopic (exact) mass is 324 g/mol. The Balaban J connectivity index is 1.76. The average Bonchev–Trinajstić information content (AvgIpc) is 3.10. The van der Waals surface area contributed by atoms with E-state index in [1.807, 2.05) is 42.5 Å². The molecule has 2 aromatic carbocycles. The average molecular weight is 324 g/mol. The predicted molar refractivity (Wildman–Crippen MR) is 94.6 cm³/mol. The number of nitrogens with zero attached hydrogens (tertiary/aromatic N) is 2. The zero-order chi connectivity index (χ0) is 16.9. The molecule has 4 amide bonds. The topological polar surface area (TPSA) is 64.7 Å². The zero-order valence-corrected chi connectivity index (χ0v) is 13.4. The van der Waals surface area contributed by atoms with Crippen molar-refractivity contribution >= 4 is 28.5 Å². The minimum Gasteiger partial charge on any atom is -0.333 e. The first kappa shape index (κ1) is 15.9. The first-order valence-corrected chi connectivity index (χ1v) is 7.93. The molecule has 1 fully saturated rings. The molecule has 1 saturated heterocycles. The summed E-state index contributed by atoms with van der Waals surface area (Å²) >= 11 is 0. The number of carbonyl (C=O) groups is 2. The number of rotatable bonds is 3. The van der Waals surface area contributed by atoms with Gasteiger partial charge < -0.3 is 10.6 Å². The number of nitrogens with one attached hydrogen (secondary N) is 2. The highest BCUT2D eigenvalue weighted by Crippen LogP contribution is 2.24. The molecule has 1 heterocycles. The van der Waals surface area contributed by atoms with Crippen LogP contribution in [0, 0.1) is 0 Å². The zero-order valence-electron chi connectivity index (χ0n) is 13.4. The van der Waals surface area contributed by atoms with E-state index in [0.29, 0.717) is 19.6 Å². The van der Waals surface area contributed by atoms with Gasteiger partial charge in [-0.25, -0.2) is 19.6 Å². The number of hydrogen-bond donors (Lipinski definition) is 2. The summed E-state index contributed by atoms with van der Waals surface area (Å²) in [7, 11) is 0. The second-order valence-corrected chi connectivity index (χ2v) is 5.53. The molecule has 0 bridgehead atoms. The molecule has 0 spiro atoms. The molecule has 1 aliphatic rings. The Hall–Kier alpha value is -3.02. The quantitative estimate of drug-likeness (QED) is 0.852. The molecular weight excluding hydrogens is 304 g/mol. The highest BCUT2D eigenvalue weighted by molar-refractivity contribution is 6.01. The molecule has 6 nitrogen and oxygen atoms in total. The Bertz CT molecular complexity index is 769. The number of fused-ring (bicyclic) bond motifs is 1. The number of anilines is 1. The summed E-state index contributed by atoms with van der Waals surface area (Å²) in [6.45, 7) is 4.97. The molecule has 3 rings (SSSR count). The van der Waals surface area contributed by atoms with Crippen LogP contribution < -0.4 is 10.6 Å². The molecule has 2 N–H and O–H groups in total. The highest BCUT2D eigenvalue weighted by atomic mass is 16.2. The standard InChI is InChI=1S/C18H20N4O2/c1-2-11-19-17(23)21-12-6-13-22(21)18(24)20-16-10-5-8-14-7-3-4-9-15(14)16/h2-5,7-10H,1,6,11-13H2,(H,19,23)(H,20,24). The Labute approximate surface area is 140 Å². The van der Waals surface area contributed by atoms with Crippen molar-refractivity contribution in [3.05, 3.63) is 55.1 Å². The van der Waals surface area contributed by atoms with Crippen LogP contribution in [0.5, 0.6) is 0 Å². The number of benzene rings is 2. The molecular formula is C18H20N4O2. The van der Waals surface area contributed by atoms with Crippen molar-refractivity contribution in [3.8, 4) is 0 Å². The minimum absolute atomic E-state index is 0.291. The first-order chi connectivity index (χ1) is 11.7. The van der Waals surface area contributed by atoms with Gasteiger partial charge in [0.25, 0.3) is 0 Å². The molecule has 0 aromatic heterocycles. The van der Waals surface area contributed by atoms with Gasteiger partial charge in [-0.15, -0.1) is 6.58 Å². The fourth-order valence-corrected chi connectivity index (χ4v) is 2.80. The van der Waals surface area contributed by atoms with Crippen molar-refractivity contribution in [1.29, 1.82) is 0 Å². The van der Waals surface area contributed by atoms with E-state index in [9.17, 15) is 9.59 Å². The van der Waals surface area contributed by atoms with Crippen LogP contribution in [0.3, 0.4) is 0 Å². The van der Waals surface area contributed by atoms with Crippen molar-refractivity contribution in [1.82, 2.24) is 15.3 Å². The lowest BCUT2D eigenvalue weighted by atomic mass is 10.1. The summed E-state index contributed by atoms with van der Waals surface area (Å²) in [4.78, 5) is 24.7. The summed E-state index contributed by atoms with van der Waals surface area (Å²) in [6, 6.07) is 13.0. The van der Waals surface area contributed by atoms with Gasteiger partial charge in [-0.3, -0.25) is 0 Å². The van der Waals surface area contributed by atoms with E-state index in [4.69, 9.17) is 0 Å². The van der Waals surface area contributed by atoms with E-state index in [1.54, 1.807) is 6.08 Å². The fraction of sp³-hybridized carbons (Fsp3) is 0.222. The molecule has 0 aliphatic carbocycles. The Morgan fingerprint density at radius 1 is 1.04 bits per heavy atom. The van der Waals surface area contributed by atoms with Crippen molar-refractivity contribution in [2.75, 3.05) is 25.0 Å². The van der Waals surface area contributed by atoms with Crippen LogP contribution >= 0.6 is 0 Å².